The van der Waals surface area contributed by atoms with Gasteiger partial charge in [0.1, 0.15) is 5.82 Å². The number of benzene rings is 1. The highest BCUT2D eigenvalue weighted by molar-refractivity contribution is 9.10. The summed E-state index contributed by atoms with van der Waals surface area (Å²) in [4.78, 5) is 12.3. The lowest BCUT2D eigenvalue weighted by molar-refractivity contribution is 0.549. The Balaban J connectivity index is 1.84. The SMILES string of the molecule is Brc1cnc2nc(C3NCCc4ccccc43)[nH]c2c1. The average molecular weight is 329 g/mol. The zero-order chi connectivity index (χ0) is 13.5. The molecule has 0 amide bonds. The number of nitrogens with one attached hydrogen (secondary N) is 2. The van der Waals surface area contributed by atoms with Gasteiger partial charge in [-0.2, -0.15) is 0 Å². The number of pyridine rings is 1. The molecule has 1 atom stereocenters. The summed E-state index contributed by atoms with van der Waals surface area (Å²) in [7, 11) is 0. The summed E-state index contributed by atoms with van der Waals surface area (Å²) < 4.78 is 0.956. The lowest BCUT2D eigenvalue weighted by Crippen LogP contribution is -2.31. The van der Waals surface area contributed by atoms with E-state index in [2.05, 4.69) is 60.5 Å². The molecule has 0 radical (unpaired) electrons. The van der Waals surface area contributed by atoms with Crippen LogP contribution in [-0.2, 0) is 6.42 Å². The third-order valence-corrected chi connectivity index (χ3v) is 4.14. The number of nitrogens with zero attached hydrogens (tertiary/aromatic N) is 2. The van der Waals surface area contributed by atoms with Gasteiger partial charge in [0.05, 0.1) is 11.6 Å². The molecular weight excluding hydrogens is 316 g/mol. The number of rotatable bonds is 1. The molecule has 20 heavy (non-hydrogen) atoms. The minimum atomic E-state index is 0.118. The molecule has 0 fully saturated rings. The Hall–Kier alpha value is -1.72. The average Bonchev–Trinajstić information content (AvgIpc) is 2.89. The van der Waals surface area contributed by atoms with Crippen molar-refractivity contribution in [3.05, 3.63) is 58.0 Å². The highest BCUT2D eigenvalue weighted by Crippen LogP contribution is 2.28. The maximum absolute atomic E-state index is 4.63. The van der Waals surface area contributed by atoms with E-state index in [-0.39, 0.29) is 6.04 Å². The van der Waals surface area contributed by atoms with E-state index >= 15 is 0 Å². The zero-order valence-electron chi connectivity index (χ0n) is 10.7. The van der Waals surface area contributed by atoms with Crippen LogP contribution in [0.4, 0.5) is 0 Å². The molecule has 4 rings (SSSR count). The van der Waals surface area contributed by atoms with Gasteiger partial charge in [-0.05, 0) is 39.5 Å². The third kappa shape index (κ3) is 1.94. The monoisotopic (exact) mass is 328 g/mol. The van der Waals surface area contributed by atoms with Crippen LogP contribution in [0.25, 0.3) is 11.2 Å². The van der Waals surface area contributed by atoms with Gasteiger partial charge in [0, 0.05) is 17.2 Å². The van der Waals surface area contributed by atoms with Gasteiger partial charge in [-0.15, -0.1) is 0 Å². The number of hydrogen-bond acceptors (Lipinski definition) is 3. The standard InChI is InChI=1S/C15H13BrN4/c16-10-7-12-14(18-8-10)20-15(19-12)13-11-4-2-1-3-9(11)5-6-17-13/h1-4,7-8,13,17H,5-6H2,(H,18,19,20). The molecule has 3 aromatic rings. The number of H-pyrrole nitrogens is 1. The van der Waals surface area contributed by atoms with Crippen molar-refractivity contribution in [2.75, 3.05) is 6.54 Å². The van der Waals surface area contributed by atoms with E-state index in [1.54, 1.807) is 6.20 Å². The molecule has 1 aliphatic rings. The highest BCUT2D eigenvalue weighted by atomic mass is 79.9. The van der Waals surface area contributed by atoms with Crippen LogP contribution < -0.4 is 5.32 Å². The Labute approximate surface area is 124 Å². The van der Waals surface area contributed by atoms with Crippen LogP contribution in [0.5, 0.6) is 0 Å². The molecule has 3 heterocycles. The maximum atomic E-state index is 4.63. The second-order valence-corrected chi connectivity index (χ2v) is 5.90. The van der Waals surface area contributed by atoms with E-state index in [1.807, 2.05) is 6.07 Å². The minimum Gasteiger partial charge on any atom is -0.339 e. The van der Waals surface area contributed by atoms with E-state index in [0.29, 0.717) is 0 Å². The van der Waals surface area contributed by atoms with Gasteiger partial charge in [0.15, 0.2) is 5.65 Å². The second-order valence-electron chi connectivity index (χ2n) is 4.98. The summed E-state index contributed by atoms with van der Waals surface area (Å²) in [6.45, 7) is 0.968. The van der Waals surface area contributed by atoms with E-state index in [9.17, 15) is 0 Å². The summed E-state index contributed by atoms with van der Waals surface area (Å²) in [6.07, 6.45) is 2.84. The summed E-state index contributed by atoms with van der Waals surface area (Å²) in [5.74, 6) is 0.928. The number of fused-ring (bicyclic) bond motifs is 2. The Kier molecular flexibility index (Phi) is 2.82. The first-order chi connectivity index (χ1) is 9.81. The van der Waals surface area contributed by atoms with Gasteiger partial charge < -0.3 is 10.3 Å². The van der Waals surface area contributed by atoms with Gasteiger partial charge >= 0.3 is 0 Å². The van der Waals surface area contributed by atoms with Gasteiger partial charge in [0.2, 0.25) is 0 Å². The van der Waals surface area contributed by atoms with Crippen LogP contribution >= 0.6 is 15.9 Å². The molecule has 4 nitrogen and oxygen atoms in total. The van der Waals surface area contributed by atoms with Crippen molar-refractivity contribution in [3.63, 3.8) is 0 Å². The smallest absolute Gasteiger partial charge is 0.177 e. The first-order valence-corrected chi connectivity index (χ1v) is 7.43. The fraction of sp³-hybridized carbons (Fsp3) is 0.200. The Morgan fingerprint density at radius 3 is 3.10 bits per heavy atom. The number of imidazole rings is 1. The predicted octanol–water partition coefficient (Wildman–Crippen LogP) is 2.96. The summed E-state index contributed by atoms with van der Waals surface area (Å²) in [5.41, 5.74) is 4.41. The largest absolute Gasteiger partial charge is 0.339 e. The molecule has 0 aliphatic carbocycles. The number of aromatic amines is 1. The van der Waals surface area contributed by atoms with Crippen LogP contribution in [-0.4, -0.2) is 21.5 Å². The number of aromatic nitrogens is 3. The molecular formula is C15H13BrN4. The van der Waals surface area contributed by atoms with Crippen LogP contribution in [0.3, 0.4) is 0 Å². The molecule has 1 aliphatic heterocycles. The van der Waals surface area contributed by atoms with Gasteiger partial charge in [0.25, 0.3) is 0 Å². The van der Waals surface area contributed by atoms with E-state index in [1.165, 1.54) is 11.1 Å². The second kappa shape index (κ2) is 4.68. The van der Waals surface area contributed by atoms with Crippen molar-refractivity contribution in [2.24, 2.45) is 0 Å². The molecule has 1 unspecified atom stereocenters. The summed E-state index contributed by atoms with van der Waals surface area (Å²) in [6, 6.07) is 10.7. The Morgan fingerprint density at radius 2 is 2.15 bits per heavy atom. The minimum absolute atomic E-state index is 0.118. The topological polar surface area (TPSA) is 53.6 Å². The fourth-order valence-corrected chi connectivity index (χ4v) is 3.11. The van der Waals surface area contributed by atoms with Crippen molar-refractivity contribution < 1.29 is 0 Å². The van der Waals surface area contributed by atoms with Crippen molar-refractivity contribution >= 4 is 27.1 Å². The molecule has 0 bridgehead atoms. The van der Waals surface area contributed by atoms with Gasteiger partial charge in [-0.25, -0.2) is 9.97 Å². The molecule has 5 heteroatoms. The maximum Gasteiger partial charge on any atom is 0.177 e. The number of halogens is 1. The van der Waals surface area contributed by atoms with Gasteiger partial charge in [-0.3, -0.25) is 0 Å². The van der Waals surface area contributed by atoms with Crippen molar-refractivity contribution in [3.8, 4) is 0 Å². The quantitative estimate of drug-likeness (QED) is 0.722. The Bertz CT molecular complexity index is 780. The zero-order valence-corrected chi connectivity index (χ0v) is 12.3. The normalized spacial score (nSPS) is 18.1. The lowest BCUT2D eigenvalue weighted by Gasteiger charge is -2.25. The molecule has 2 aromatic heterocycles. The predicted molar refractivity (Wildman–Crippen MR) is 81.6 cm³/mol. The lowest BCUT2D eigenvalue weighted by atomic mass is 9.94. The molecule has 0 saturated carbocycles. The van der Waals surface area contributed by atoms with Crippen LogP contribution in [0.1, 0.15) is 23.0 Å². The molecule has 100 valence electrons. The number of hydrogen-bond donors (Lipinski definition) is 2. The van der Waals surface area contributed by atoms with Crippen LogP contribution in [0, 0.1) is 0 Å². The summed E-state index contributed by atoms with van der Waals surface area (Å²) in [5, 5.41) is 3.53. The first-order valence-electron chi connectivity index (χ1n) is 6.63. The highest BCUT2D eigenvalue weighted by Gasteiger charge is 2.23. The molecule has 2 N–H and O–H groups in total. The van der Waals surface area contributed by atoms with E-state index in [0.717, 1.165) is 34.4 Å². The van der Waals surface area contributed by atoms with Crippen molar-refractivity contribution in [1.82, 2.24) is 20.3 Å². The van der Waals surface area contributed by atoms with Gasteiger partial charge in [-0.1, -0.05) is 24.3 Å². The molecule has 0 spiro atoms. The van der Waals surface area contributed by atoms with Crippen molar-refractivity contribution in [1.29, 1.82) is 0 Å². The first kappa shape index (κ1) is 12.1. The van der Waals surface area contributed by atoms with Crippen LogP contribution in [0.2, 0.25) is 0 Å². The van der Waals surface area contributed by atoms with E-state index < -0.39 is 0 Å². The van der Waals surface area contributed by atoms with Crippen molar-refractivity contribution in [2.45, 2.75) is 12.5 Å². The fourth-order valence-electron chi connectivity index (χ4n) is 2.78. The third-order valence-electron chi connectivity index (χ3n) is 3.70. The Morgan fingerprint density at radius 1 is 1.25 bits per heavy atom. The summed E-state index contributed by atoms with van der Waals surface area (Å²) >= 11 is 3.44. The molecule has 1 aromatic carbocycles. The molecule has 0 saturated heterocycles. The van der Waals surface area contributed by atoms with Crippen LogP contribution in [0.15, 0.2) is 41.0 Å². The van der Waals surface area contributed by atoms with E-state index in [4.69, 9.17) is 0 Å².